The van der Waals surface area contributed by atoms with Crippen LogP contribution in [0.4, 0.5) is 0 Å². The van der Waals surface area contributed by atoms with E-state index in [0.717, 1.165) is 26.1 Å². The summed E-state index contributed by atoms with van der Waals surface area (Å²) in [5, 5.41) is 0. The normalized spacial score (nSPS) is 24.1. The largest absolute Gasteiger partial charge is 0.468 e. The van der Waals surface area contributed by atoms with E-state index in [2.05, 4.69) is 9.64 Å². The Morgan fingerprint density at radius 1 is 1.60 bits per heavy atom. The van der Waals surface area contributed by atoms with Gasteiger partial charge >= 0.3 is 5.97 Å². The van der Waals surface area contributed by atoms with E-state index in [9.17, 15) is 4.79 Å². The Balaban J connectivity index is 2.26. The van der Waals surface area contributed by atoms with Gasteiger partial charge in [-0.05, 0) is 18.9 Å². The number of ether oxygens (including phenoxy) is 2. The molecule has 0 amide bonds. The van der Waals surface area contributed by atoms with E-state index in [-0.39, 0.29) is 5.97 Å². The molecule has 2 unspecified atom stereocenters. The van der Waals surface area contributed by atoms with Gasteiger partial charge in [0.1, 0.15) is 6.04 Å². The highest BCUT2D eigenvalue weighted by Gasteiger charge is 2.25. The molecule has 1 aliphatic heterocycles. The molecule has 0 spiro atoms. The third-order valence-electron chi connectivity index (χ3n) is 2.73. The van der Waals surface area contributed by atoms with Crippen LogP contribution >= 0.6 is 0 Å². The molecule has 0 aliphatic carbocycles. The molecule has 2 atom stereocenters. The van der Waals surface area contributed by atoms with Crippen molar-refractivity contribution in [2.45, 2.75) is 12.5 Å². The first-order valence-electron chi connectivity index (χ1n) is 5.22. The lowest BCUT2D eigenvalue weighted by Crippen LogP contribution is -2.42. The molecule has 0 bridgehead atoms. The summed E-state index contributed by atoms with van der Waals surface area (Å²) in [7, 11) is 3.07. The summed E-state index contributed by atoms with van der Waals surface area (Å²) in [5.74, 6) is 0.227. The SMILES string of the molecule is COCC1CCN(CC(N)C(=O)OC)C1. The zero-order valence-electron chi connectivity index (χ0n) is 9.44. The predicted molar refractivity (Wildman–Crippen MR) is 56.4 cm³/mol. The standard InChI is InChI=1S/C10H20N2O3/c1-14-7-8-3-4-12(5-8)6-9(11)10(13)15-2/h8-9H,3-7,11H2,1-2H3. The summed E-state index contributed by atoms with van der Waals surface area (Å²) < 4.78 is 9.68. The average molecular weight is 216 g/mol. The molecular weight excluding hydrogens is 196 g/mol. The first-order valence-corrected chi connectivity index (χ1v) is 5.22. The Bertz CT molecular complexity index is 211. The number of nitrogens with zero attached hydrogens (tertiary/aromatic N) is 1. The van der Waals surface area contributed by atoms with Crippen LogP contribution in [0.15, 0.2) is 0 Å². The first-order chi connectivity index (χ1) is 7.17. The van der Waals surface area contributed by atoms with Crippen LogP contribution in [0.2, 0.25) is 0 Å². The van der Waals surface area contributed by atoms with Crippen molar-refractivity contribution >= 4 is 5.97 Å². The number of hydrogen-bond acceptors (Lipinski definition) is 5. The third-order valence-corrected chi connectivity index (χ3v) is 2.73. The van der Waals surface area contributed by atoms with Crippen LogP contribution in [0.25, 0.3) is 0 Å². The first kappa shape index (κ1) is 12.4. The predicted octanol–water partition coefficient (Wildman–Crippen LogP) is -0.545. The van der Waals surface area contributed by atoms with Gasteiger partial charge in [-0.3, -0.25) is 4.79 Å². The maximum Gasteiger partial charge on any atom is 0.323 e. The second-order valence-corrected chi connectivity index (χ2v) is 4.00. The van der Waals surface area contributed by atoms with Gasteiger partial charge < -0.3 is 20.1 Å². The van der Waals surface area contributed by atoms with Crippen LogP contribution in [0.1, 0.15) is 6.42 Å². The molecule has 0 saturated carbocycles. The highest BCUT2D eigenvalue weighted by molar-refractivity contribution is 5.75. The Morgan fingerprint density at radius 3 is 2.93 bits per heavy atom. The van der Waals surface area contributed by atoms with Crippen molar-refractivity contribution in [3.8, 4) is 0 Å². The van der Waals surface area contributed by atoms with Gasteiger partial charge in [0.05, 0.1) is 13.7 Å². The van der Waals surface area contributed by atoms with Crippen LogP contribution in [0.5, 0.6) is 0 Å². The fraction of sp³-hybridized carbons (Fsp3) is 0.900. The molecule has 5 heteroatoms. The molecule has 2 N–H and O–H groups in total. The highest BCUT2D eigenvalue weighted by Crippen LogP contribution is 2.16. The van der Waals surface area contributed by atoms with Gasteiger partial charge in [0.25, 0.3) is 0 Å². The van der Waals surface area contributed by atoms with Gasteiger partial charge in [0.2, 0.25) is 0 Å². The van der Waals surface area contributed by atoms with Crippen molar-refractivity contribution in [3.63, 3.8) is 0 Å². The summed E-state index contributed by atoms with van der Waals surface area (Å²) in [4.78, 5) is 13.3. The van der Waals surface area contributed by atoms with Crippen LogP contribution < -0.4 is 5.73 Å². The molecule has 1 rings (SSSR count). The molecule has 0 aromatic heterocycles. The molecule has 0 aromatic rings. The molecule has 88 valence electrons. The number of likely N-dealkylation sites (tertiary alicyclic amines) is 1. The lowest BCUT2D eigenvalue weighted by molar-refractivity contribution is -0.142. The van der Waals surface area contributed by atoms with Gasteiger partial charge in [-0.1, -0.05) is 0 Å². The quantitative estimate of drug-likeness (QED) is 0.625. The zero-order valence-corrected chi connectivity index (χ0v) is 9.44. The molecular formula is C10H20N2O3. The summed E-state index contributed by atoms with van der Waals surface area (Å²) in [6, 6.07) is -0.531. The number of carbonyl (C=O) groups is 1. The maximum absolute atomic E-state index is 11.1. The van der Waals surface area contributed by atoms with E-state index in [4.69, 9.17) is 10.5 Å². The Hall–Kier alpha value is -0.650. The minimum absolute atomic E-state index is 0.342. The fourth-order valence-electron chi connectivity index (χ4n) is 1.95. The van der Waals surface area contributed by atoms with E-state index in [1.807, 2.05) is 0 Å². The van der Waals surface area contributed by atoms with Gasteiger partial charge in [-0.25, -0.2) is 0 Å². The maximum atomic E-state index is 11.1. The summed E-state index contributed by atoms with van der Waals surface area (Å²) in [5.41, 5.74) is 5.68. The molecule has 0 aromatic carbocycles. The van der Waals surface area contributed by atoms with Crippen molar-refractivity contribution in [3.05, 3.63) is 0 Å². The van der Waals surface area contributed by atoms with Crippen LogP contribution in [-0.2, 0) is 14.3 Å². The summed E-state index contributed by atoms with van der Waals surface area (Å²) in [6.45, 7) is 3.30. The van der Waals surface area contributed by atoms with E-state index in [1.54, 1.807) is 7.11 Å². The Labute approximate surface area is 90.5 Å². The van der Waals surface area contributed by atoms with Crippen LogP contribution in [0, 0.1) is 5.92 Å². The lowest BCUT2D eigenvalue weighted by Gasteiger charge is -2.19. The molecule has 1 saturated heterocycles. The highest BCUT2D eigenvalue weighted by atomic mass is 16.5. The number of nitrogens with two attached hydrogens (primary N) is 1. The average Bonchev–Trinajstić information content (AvgIpc) is 2.65. The second-order valence-electron chi connectivity index (χ2n) is 4.00. The van der Waals surface area contributed by atoms with Crippen molar-refractivity contribution in [2.75, 3.05) is 40.5 Å². The minimum Gasteiger partial charge on any atom is -0.468 e. The summed E-state index contributed by atoms with van der Waals surface area (Å²) >= 11 is 0. The van der Waals surface area contributed by atoms with E-state index < -0.39 is 6.04 Å². The molecule has 15 heavy (non-hydrogen) atoms. The van der Waals surface area contributed by atoms with Gasteiger partial charge in [-0.2, -0.15) is 0 Å². The Morgan fingerprint density at radius 2 is 2.33 bits per heavy atom. The van der Waals surface area contributed by atoms with Crippen molar-refractivity contribution in [1.82, 2.24) is 4.90 Å². The molecule has 0 radical (unpaired) electrons. The van der Waals surface area contributed by atoms with Gasteiger partial charge in [0, 0.05) is 20.2 Å². The zero-order chi connectivity index (χ0) is 11.3. The second kappa shape index (κ2) is 6.05. The van der Waals surface area contributed by atoms with Crippen LogP contribution in [-0.4, -0.2) is 57.4 Å². The number of methoxy groups -OCH3 is 2. The number of hydrogen-bond donors (Lipinski definition) is 1. The van der Waals surface area contributed by atoms with Crippen molar-refractivity contribution in [1.29, 1.82) is 0 Å². The monoisotopic (exact) mass is 216 g/mol. The van der Waals surface area contributed by atoms with E-state index in [0.29, 0.717) is 12.5 Å². The Kier molecular flexibility index (Phi) is 5.01. The number of rotatable bonds is 5. The number of esters is 1. The molecule has 1 aliphatic rings. The molecule has 1 fully saturated rings. The van der Waals surface area contributed by atoms with Crippen LogP contribution in [0.3, 0.4) is 0 Å². The molecule has 5 nitrogen and oxygen atoms in total. The fourth-order valence-corrected chi connectivity index (χ4v) is 1.95. The van der Waals surface area contributed by atoms with Crippen molar-refractivity contribution < 1.29 is 14.3 Å². The van der Waals surface area contributed by atoms with Crippen molar-refractivity contribution in [2.24, 2.45) is 11.7 Å². The third kappa shape index (κ3) is 3.77. The topological polar surface area (TPSA) is 64.8 Å². The van der Waals surface area contributed by atoms with E-state index in [1.165, 1.54) is 7.11 Å². The molecule has 1 heterocycles. The number of carbonyl (C=O) groups excluding carboxylic acids is 1. The lowest BCUT2D eigenvalue weighted by atomic mass is 10.1. The van der Waals surface area contributed by atoms with Gasteiger partial charge in [0.15, 0.2) is 0 Å². The van der Waals surface area contributed by atoms with E-state index >= 15 is 0 Å². The summed E-state index contributed by atoms with van der Waals surface area (Å²) in [6.07, 6.45) is 1.11. The van der Waals surface area contributed by atoms with Gasteiger partial charge in [-0.15, -0.1) is 0 Å². The minimum atomic E-state index is -0.531. The smallest absolute Gasteiger partial charge is 0.323 e.